The average Bonchev–Trinajstić information content (AvgIpc) is 3.21. The SMILES string of the molecule is CC(NCCC1CCCO1)c1cccc(-n2cnnn2)c1. The minimum Gasteiger partial charge on any atom is -0.378 e. The zero-order chi connectivity index (χ0) is 14.5. The van der Waals surface area contributed by atoms with Crippen LogP contribution in [0.1, 0.15) is 37.8 Å². The Morgan fingerprint density at radius 3 is 3.19 bits per heavy atom. The van der Waals surface area contributed by atoms with E-state index in [1.807, 2.05) is 12.1 Å². The first kappa shape index (κ1) is 14.2. The fraction of sp³-hybridized carbons (Fsp3) is 0.533. The summed E-state index contributed by atoms with van der Waals surface area (Å²) in [5.74, 6) is 0. The number of hydrogen-bond donors (Lipinski definition) is 1. The van der Waals surface area contributed by atoms with E-state index in [9.17, 15) is 0 Å². The van der Waals surface area contributed by atoms with Crippen molar-refractivity contribution in [3.8, 4) is 5.69 Å². The van der Waals surface area contributed by atoms with Crippen molar-refractivity contribution in [2.24, 2.45) is 0 Å². The Bertz CT molecular complexity index is 551. The molecule has 0 aliphatic carbocycles. The Kier molecular flexibility index (Phi) is 4.57. The maximum atomic E-state index is 5.64. The van der Waals surface area contributed by atoms with Gasteiger partial charge in [0.05, 0.1) is 11.8 Å². The molecule has 1 aromatic carbocycles. The van der Waals surface area contributed by atoms with E-state index in [0.717, 1.165) is 25.3 Å². The third kappa shape index (κ3) is 3.65. The Balaban J connectivity index is 1.56. The molecule has 2 heterocycles. The van der Waals surface area contributed by atoms with E-state index in [-0.39, 0.29) is 0 Å². The smallest absolute Gasteiger partial charge is 0.143 e. The number of nitrogens with one attached hydrogen (secondary N) is 1. The van der Waals surface area contributed by atoms with Gasteiger partial charge in [-0.3, -0.25) is 0 Å². The fourth-order valence-electron chi connectivity index (χ4n) is 2.67. The summed E-state index contributed by atoms with van der Waals surface area (Å²) in [6, 6.07) is 8.56. The summed E-state index contributed by atoms with van der Waals surface area (Å²) in [6.07, 6.45) is 5.53. The van der Waals surface area contributed by atoms with Gasteiger partial charge in [-0.05, 0) is 60.9 Å². The molecule has 2 unspecified atom stereocenters. The Labute approximate surface area is 124 Å². The van der Waals surface area contributed by atoms with Gasteiger partial charge in [0, 0.05) is 12.6 Å². The highest BCUT2D eigenvalue weighted by Gasteiger charge is 2.15. The van der Waals surface area contributed by atoms with Gasteiger partial charge in [-0.2, -0.15) is 0 Å². The van der Waals surface area contributed by atoms with Gasteiger partial charge in [0.2, 0.25) is 0 Å². The normalized spacial score (nSPS) is 19.8. The summed E-state index contributed by atoms with van der Waals surface area (Å²) < 4.78 is 7.31. The number of rotatable bonds is 6. The minimum absolute atomic E-state index is 0.294. The summed E-state index contributed by atoms with van der Waals surface area (Å²) in [5, 5.41) is 14.8. The number of tetrazole rings is 1. The van der Waals surface area contributed by atoms with Crippen molar-refractivity contribution in [1.29, 1.82) is 0 Å². The van der Waals surface area contributed by atoms with Crippen LogP contribution in [0.3, 0.4) is 0 Å². The van der Waals surface area contributed by atoms with Gasteiger partial charge in [-0.1, -0.05) is 12.1 Å². The van der Waals surface area contributed by atoms with Crippen LogP contribution < -0.4 is 5.32 Å². The Hall–Kier alpha value is -1.79. The molecule has 1 fully saturated rings. The molecule has 3 rings (SSSR count). The van der Waals surface area contributed by atoms with Crippen molar-refractivity contribution in [2.45, 2.75) is 38.3 Å². The lowest BCUT2D eigenvalue weighted by Crippen LogP contribution is -2.23. The molecule has 0 amide bonds. The predicted molar refractivity (Wildman–Crippen MR) is 79.2 cm³/mol. The Morgan fingerprint density at radius 1 is 1.48 bits per heavy atom. The van der Waals surface area contributed by atoms with Gasteiger partial charge in [0.1, 0.15) is 6.33 Å². The van der Waals surface area contributed by atoms with Crippen molar-refractivity contribution in [2.75, 3.05) is 13.2 Å². The second-order valence-electron chi connectivity index (χ2n) is 5.45. The van der Waals surface area contributed by atoms with Crippen molar-refractivity contribution in [1.82, 2.24) is 25.5 Å². The molecule has 1 aliphatic rings. The second kappa shape index (κ2) is 6.78. The van der Waals surface area contributed by atoms with Crippen LogP contribution in [-0.4, -0.2) is 39.5 Å². The fourth-order valence-corrected chi connectivity index (χ4v) is 2.67. The largest absolute Gasteiger partial charge is 0.378 e. The zero-order valence-corrected chi connectivity index (χ0v) is 12.3. The van der Waals surface area contributed by atoms with E-state index in [4.69, 9.17) is 4.74 Å². The molecular formula is C15H21N5O. The lowest BCUT2D eigenvalue weighted by atomic mass is 10.1. The molecule has 2 atom stereocenters. The molecule has 6 nitrogen and oxygen atoms in total. The van der Waals surface area contributed by atoms with Gasteiger partial charge in [0.25, 0.3) is 0 Å². The van der Waals surface area contributed by atoms with Crippen LogP contribution in [0.4, 0.5) is 0 Å². The van der Waals surface area contributed by atoms with Crippen LogP contribution in [-0.2, 0) is 4.74 Å². The van der Waals surface area contributed by atoms with E-state index in [0.29, 0.717) is 12.1 Å². The van der Waals surface area contributed by atoms with Crippen molar-refractivity contribution in [3.63, 3.8) is 0 Å². The predicted octanol–water partition coefficient (Wildman–Crippen LogP) is 1.88. The van der Waals surface area contributed by atoms with Crippen LogP contribution >= 0.6 is 0 Å². The monoisotopic (exact) mass is 287 g/mol. The first-order valence-electron chi connectivity index (χ1n) is 7.51. The molecule has 1 aliphatic heterocycles. The lowest BCUT2D eigenvalue weighted by Gasteiger charge is -2.16. The van der Waals surface area contributed by atoms with Gasteiger partial charge < -0.3 is 10.1 Å². The van der Waals surface area contributed by atoms with E-state index in [1.54, 1.807) is 11.0 Å². The third-order valence-electron chi connectivity index (χ3n) is 3.92. The van der Waals surface area contributed by atoms with Gasteiger partial charge in [0.15, 0.2) is 0 Å². The van der Waals surface area contributed by atoms with Crippen LogP contribution in [0, 0.1) is 0 Å². The number of nitrogens with zero attached hydrogens (tertiary/aromatic N) is 4. The van der Waals surface area contributed by atoms with Gasteiger partial charge in [-0.25, -0.2) is 4.68 Å². The van der Waals surface area contributed by atoms with Crippen LogP contribution in [0.2, 0.25) is 0 Å². The molecule has 6 heteroatoms. The third-order valence-corrected chi connectivity index (χ3v) is 3.92. The van der Waals surface area contributed by atoms with E-state index in [2.05, 4.69) is 39.9 Å². The van der Waals surface area contributed by atoms with Crippen LogP contribution in [0.5, 0.6) is 0 Å². The van der Waals surface area contributed by atoms with Gasteiger partial charge >= 0.3 is 0 Å². The first-order valence-corrected chi connectivity index (χ1v) is 7.51. The summed E-state index contributed by atoms with van der Waals surface area (Å²) in [5.41, 5.74) is 2.21. The standard InChI is InChI=1S/C15H21N5O/c1-12(16-8-7-15-6-3-9-21-15)13-4-2-5-14(10-13)20-11-17-18-19-20/h2,4-5,10-12,15-16H,3,6-9H2,1H3. The molecule has 112 valence electrons. The van der Waals surface area contributed by atoms with Crippen LogP contribution in [0.15, 0.2) is 30.6 Å². The zero-order valence-electron chi connectivity index (χ0n) is 12.3. The Morgan fingerprint density at radius 2 is 2.43 bits per heavy atom. The lowest BCUT2D eigenvalue weighted by molar-refractivity contribution is 0.103. The van der Waals surface area contributed by atoms with Crippen molar-refractivity contribution < 1.29 is 4.74 Å². The quantitative estimate of drug-likeness (QED) is 0.879. The summed E-state index contributed by atoms with van der Waals surface area (Å²) in [6.45, 7) is 4.07. The highest BCUT2D eigenvalue weighted by molar-refractivity contribution is 5.35. The molecule has 0 spiro atoms. The second-order valence-corrected chi connectivity index (χ2v) is 5.45. The molecule has 2 aromatic rings. The van der Waals surface area contributed by atoms with E-state index < -0.39 is 0 Å². The van der Waals surface area contributed by atoms with E-state index in [1.165, 1.54) is 18.4 Å². The summed E-state index contributed by atoms with van der Waals surface area (Å²) in [7, 11) is 0. The topological polar surface area (TPSA) is 64.9 Å². The van der Waals surface area contributed by atoms with E-state index >= 15 is 0 Å². The molecule has 0 saturated carbocycles. The molecule has 1 N–H and O–H groups in total. The first-order chi connectivity index (χ1) is 10.3. The average molecular weight is 287 g/mol. The summed E-state index contributed by atoms with van der Waals surface area (Å²) >= 11 is 0. The van der Waals surface area contributed by atoms with Crippen molar-refractivity contribution in [3.05, 3.63) is 36.2 Å². The number of ether oxygens (including phenoxy) is 1. The number of hydrogen-bond acceptors (Lipinski definition) is 5. The summed E-state index contributed by atoms with van der Waals surface area (Å²) in [4.78, 5) is 0. The molecule has 1 aromatic heterocycles. The number of benzene rings is 1. The molecular weight excluding hydrogens is 266 g/mol. The van der Waals surface area contributed by atoms with Crippen molar-refractivity contribution >= 4 is 0 Å². The number of aromatic nitrogens is 4. The maximum absolute atomic E-state index is 5.64. The molecule has 21 heavy (non-hydrogen) atoms. The highest BCUT2D eigenvalue weighted by Crippen LogP contribution is 2.18. The molecule has 0 bridgehead atoms. The van der Waals surface area contributed by atoms with Gasteiger partial charge in [-0.15, -0.1) is 5.10 Å². The molecule has 0 radical (unpaired) electrons. The maximum Gasteiger partial charge on any atom is 0.143 e. The van der Waals surface area contributed by atoms with Crippen LogP contribution in [0.25, 0.3) is 5.69 Å². The highest BCUT2D eigenvalue weighted by atomic mass is 16.5. The molecule has 1 saturated heterocycles. The minimum atomic E-state index is 0.294.